The van der Waals surface area contributed by atoms with Crippen molar-refractivity contribution in [3.63, 3.8) is 0 Å². The molecule has 0 radical (unpaired) electrons. The van der Waals surface area contributed by atoms with Crippen LogP contribution >= 0.6 is 23.6 Å². The summed E-state index contributed by atoms with van der Waals surface area (Å²) in [6.45, 7) is 2.03. The summed E-state index contributed by atoms with van der Waals surface area (Å²) in [7, 11) is 0. The Morgan fingerprint density at radius 2 is 2.25 bits per heavy atom. The minimum atomic E-state index is -0.115. The third kappa shape index (κ3) is 2.10. The lowest BCUT2D eigenvalue weighted by Gasteiger charge is -2.16. The topological polar surface area (TPSA) is 50.7 Å². The number of hydrogen-bond donors (Lipinski definition) is 1. The van der Waals surface area contributed by atoms with Crippen molar-refractivity contribution in [2.24, 2.45) is 0 Å². The van der Waals surface area contributed by atoms with Gasteiger partial charge in [0.15, 0.2) is 4.77 Å². The molecule has 3 aromatic rings. The molecule has 3 rings (SSSR count). The fourth-order valence-corrected chi connectivity index (χ4v) is 3.46. The maximum Gasteiger partial charge on any atom is 0.262 e. The van der Waals surface area contributed by atoms with Gasteiger partial charge in [-0.1, -0.05) is 19.1 Å². The number of aromatic nitrogens is 3. The van der Waals surface area contributed by atoms with Gasteiger partial charge in [-0.25, -0.2) is 4.98 Å². The van der Waals surface area contributed by atoms with Crippen LogP contribution in [0.25, 0.3) is 10.9 Å². The number of thiazole rings is 1. The fourth-order valence-electron chi connectivity index (χ4n) is 2.33. The van der Waals surface area contributed by atoms with Crippen LogP contribution in [-0.4, -0.2) is 14.5 Å². The molecule has 0 aliphatic heterocycles. The third-order valence-electron chi connectivity index (χ3n) is 3.27. The Morgan fingerprint density at radius 3 is 2.95 bits per heavy atom. The van der Waals surface area contributed by atoms with E-state index >= 15 is 0 Å². The first kappa shape index (κ1) is 13.2. The van der Waals surface area contributed by atoms with Crippen molar-refractivity contribution < 1.29 is 0 Å². The predicted octanol–water partition coefficient (Wildman–Crippen LogP) is 3.51. The molecule has 6 heteroatoms. The molecule has 4 nitrogen and oxygen atoms in total. The number of rotatable bonds is 3. The van der Waals surface area contributed by atoms with E-state index in [1.165, 1.54) is 0 Å². The SMILES string of the molecule is CCC(c1nccs1)n1c(=S)[nH]c2ccccc2c1=O. The van der Waals surface area contributed by atoms with Crippen molar-refractivity contribution in [1.29, 1.82) is 0 Å². The van der Waals surface area contributed by atoms with E-state index in [-0.39, 0.29) is 11.6 Å². The van der Waals surface area contributed by atoms with Gasteiger partial charge >= 0.3 is 0 Å². The minimum Gasteiger partial charge on any atom is -0.332 e. The molecule has 0 aliphatic rings. The average molecular weight is 303 g/mol. The van der Waals surface area contributed by atoms with Gasteiger partial charge in [-0.2, -0.15) is 0 Å². The quantitative estimate of drug-likeness (QED) is 0.753. The van der Waals surface area contributed by atoms with Crippen LogP contribution in [0.1, 0.15) is 24.4 Å². The largest absolute Gasteiger partial charge is 0.332 e. The second-order valence-electron chi connectivity index (χ2n) is 4.45. The van der Waals surface area contributed by atoms with E-state index in [0.29, 0.717) is 10.2 Å². The molecule has 0 spiro atoms. The van der Waals surface area contributed by atoms with Gasteiger partial charge in [-0.15, -0.1) is 11.3 Å². The van der Waals surface area contributed by atoms with E-state index in [1.807, 2.05) is 36.6 Å². The van der Waals surface area contributed by atoms with Gasteiger partial charge in [0.1, 0.15) is 5.01 Å². The lowest BCUT2D eigenvalue weighted by atomic mass is 10.2. The third-order valence-corrected chi connectivity index (χ3v) is 4.45. The van der Waals surface area contributed by atoms with Crippen LogP contribution in [0.15, 0.2) is 40.6 Å². The molecule has 1 unspecified atom stereocenters. The number of para-hydroxylation sites is 1. The molecular formula is C14H13N3OS2. The van der Waals surface area contributed by atoms with E-state index in [2.05, 4.69) is 9.97 Å². The Kier molecular flexibility index (Phi) is 3.50. The maximum atomic E-state index is 12.7. The van der Waals surface area contributed by atoms with E-state index in [9.17, 15) is 4.79 Å². The second kappa shape index (κ2) is 5.30. The summed E-state index contributed by atoms with van der Waals surface area (Å²) in [6.07, 6.45) is 2.52. The van der Waals surface area contributed by atoms with Crippen LogP contribution in [0.2, 0.25) is 0 Å². The number of hydrogen-bond acceptors (Lipinski definition) is 4. The molecule has 2 aromatic heterocycles. The van der Waals surface area contributed by atoms with Gasteiger partial charge in [0.25, 0.3) is 5.56 Å². The summed E-state index contributed by atoms with van der Waals surface area (Å²) < 4.78 is 2.08. The molecule has 1 N–H and O–H groups in total. The van der Waals surface area contributed by atoms with E-state index in [0.717, 1.165) is 16.9 Å². The minimum absolute atomic E-state index is 0.0635. The molecule has 2 heterocycles. The predicted molar refractivity (Wildman–Crippen MR) is 83.9 cm³/mol. The van der Waals surface area contributed by atoms with Gasteiger partial charge in [-0.3, -0.25) is 9.36 Å². The molecule has 20 heavy (non-hydrogen) atoms. The first-order chi connectivity index (χ1) is 9.72. The summed E-state index contributed by atoms with van der Waals surface area (Å²) in [6, 6.07) is 7.30. The second-order valence-corrected chi connectivity index (χ2v) is 5.76. The first-order valence-corrected chi connectivity index (χ1v) is 7.64. The number of benzene rings is 1. The van der Waals surface area contributed by atoms with Crippen LogP contribution in [-0.2, 0) is 0 Å². The number of nitrogens with one attached hydrogen (secondary N) is 1. The summed E-state index contributed by atoms with van der Waals surface area (Å²) in [5.74, 6) is 0. The molecule has 1 aromatic carbocycles. The summed E-state index contributed by atoms with van der Waals surface area (Å²) >= 11 is 6.91. The Bertz CT molecular complexity index is 849. The zero-order valence-electron chi connectivity index (χ0n) is 10.9. The molecule has 0 fully saturated rings. The average Bonchev–Trinajstić information content (AvgIpc) is 2.97. The summed E-state index contributed by atoms with van der Waals surface area (Å²) in [5, 5.41) is 3.47. The van der Waals surface area contributed by atoms with Crippen molar-refractivity contribution in [3.8, 4) is 0 Å². The highest BCUT2D eigenvalue weighted by molar-refractivity contribution is 7.71. The van der Waals surface area contributed by atoms with Crippen LogP contribution < -0.4 is 5.56 Å². The highest BCUT2D eigenvalue weighted by Crippen LogP contribution is 2.23. The van der Waals surface area contributed by atoms with Crippen LogP contribution in [0.3, 0.4) is 0 Å². The lowest BCUT2D eigenvalue weighted by Crippen LogP contribution is -2.27. The first-order valence-electron chi connectivity index (χ1n) is 6.35. The van der Waals surface area contributed by atoms with Crippen molar-refractivity contribution >= 4 is 34.5 Å². The Balaban J connectivity index is 2.31. The van der Waals surface area contributed by atoms with E-state index in [1.54, 1.807) is 22.1 Å². The number of aromatic amines is 1. The Hall–Kier alpha value is -1.79. The molecule has 102 valence electrons. The van der Waals surface area contributed by atoms with Crippen LogP contribution in [0, 0.1) is 4.77 Å². The summed E-state index contributed by atoms with van der Waals surface area (Å²) in [5.41, 5.74) is 0.708. The zero-order valence-corrected chi connectivity index (χ0v) is 12.5. The lowest BCUT2D eigenvalue weighted by molar-refractivity contribution is 0.535. The van der Waals surface area contributed by atoms with Crippen LogP contribution in [0.4, 0.5) is 0 Å². The van der Waals surface area contributed by atoms with E-state index in [4.69, 9.17) is 12.2 Å². The highest BCUT2D eigenvalue weighted by Gasteiger charge is 2.18. The molecule has 0 amide bonds. The number of nitrogens with zero attached hydrogens (tertiary/aromatic N) is 2. The summed E-state index contributed by atoms with van der Waals surface area (Å²) in [4.78, 5) is 20.2. The van der Waals surface area contributed by atoms with Crippen LogP contribution in [0.5, 0.6) is 0 Å². The van der Waals surface area contributed by atoms with Crippen molar-refractivity contribution in [2.45, 2.75) is 19.4 Å². The molecule has 0 aliphatic carbocycles. The van der Waals surface area contributed by atoms with Crippen molar-refractivity contribution in [1.82, 2.24) is 14.5 Å². The van der Waals surface area contributed by atoms with Gasteiger partial charge in [0.2, 0.25) is 0 Å². The van der Waals surface area contributed by atoms with Gasteiger partial charge in [0.05, 0.1) is 16.9 Å². The van der Waals surface area contributed by atoms with Gasteiger partial charge in [-0.05, 0) is 30.8 Å². The Labute approximate surface area is 124 Å². The molecule has 1 atom stereocenters. The zero-order chi connectivity index (χ0) is 14.1. The molecular weight excluding hydrogens is 290 g/mol. The molecule has 0 saturated carbocycles. The van der Waals surface area contributed by atoms with Crippen molar-refractivity contribution in [3.05, 3.63) is 56.0 Å². The van der Waals surface area contributed by atoms with Gasteiger partial charge in [0, 0.05) is 11.6 Å². The smallest absolute Gasteiger partial charge is 0.262 e. The standard InChI is InChI=1S/C14H13N3OS2/c1-2-11(12-15-7-8-20-12)17-13(18)9-5-3-4-6-10(9)16-14(17)19/h3-8,11H,2H2,1H3,(H,16,19). The molecule has 0 bridgehead atoms. The normalized spacial score (nSPS) is 12.7. The van der Waals surface area contributed by atoms with Gasteiger partial charge < -0.3 is 4.98 Å². The number of H-pyrrole nitrogens is 1. The number of fused-ring (bicyclic) bond motifs is 1. The highest BCUT2D eigenvalue weighted by atomic mass is 32.1. The van der Waals surface area contributed by atoms with Crippen molar-refractivity contribution in [2.75, 3.05) is 0 Å². The monoisotopic (exact) mass is 303 g/mol. The fraction of sp³-hybridized carbons (Fsp3) is 0.214. The van der Waals surface area contributed by atoms with E-state index < -0.39 is 0 Å². The Morgan fingerprint density at radius 1 is 1.45 bits per heavy atom. The molecule has 0 saturated heterocycles. The maximum absolute atomic E-state index is 12.7.